The summed E-state index contributed by atoms with van der Waals surface area (Å²) < 4.78 is 0. The van der Waals surface area contributed by atoms with Crippen molar-refractivity contribution in [1.29, 1.82) is 0 Å². The highest BCUT2D eigenvalue weighted by molar-refractivity contribution is 7.16. The molecule has 2 nitrogen and oxygen atoms in total. The van der Waals surface area contributed by atoms with Crippen LogP contribution in [0.5, 0.6) is 0 Å². The molecule has 50 valence electrons. The number of hydrogen-bond acceptors (Lipinski definition) is 3. The monoisotopic (exact) mass is 150 g/mol. The van der Waals surface area contributed by atoms with E-state index < -0.39 is 0 Å². The van der Waals surface area contributed by atoms with Crippen molar-refractivity contribution in [1.82, 2.24) is 10.2 Å². The number of hydrogen-bond donors (Lipinski definition) is 0. The number of aryl methyl sites for hydroxylation is 1. The molecule has 0 N–H and O–H groups in total. The maximum absolute atomic E-state index is 3.97. The first kappa shape index (κ1) is 5.80. The van der Waals surface area contributed by atoms with Crippen LogP contribution in [0.4, 0.5) is 0 Å². The summed E-state index contributed by atoms with van der Waals surface area (Å²) in [5, 5.41) is 11.1. The minimum atomic E-state index is 1.03. The molecule has 0 amide bonds. The quantitative estimate of drug-likeness (QED) is 0.574. The smallest absolute Gasteiger partial charge is 0.146 e. The molecule has 10 heavy (non-hydrogen) atoms. The molecule has 2 rings (SSSR count). The molecule has 0 aliphatic heterocycles. The van der Waals surface area contributed by atoms with E-state index in [9.17, 15) is 0 Å². The van der Waals surface area contributed by atoms with Crippen LogP contribution in [0.3, 0.4) is 0 Å². The molecule has 0 radical (unpaired) electrons. The Kier molecular flexibility index (Phi) is 1.17. The van der Waals surface area contributed by atoms with Crippen molar-refractivity contribution >= 4 is 21.6 Å². The molecule has 0 atom stereocenters. The van der Waals surface area contributed by atoms with E-state index in [2.05, 4.69) is 22.5 Å². The topological polar surface area (TPSA) is 25.8 Å². The summed E-state index contributed by atoms with van der Waals surface area (Å²) >= 11 is 1.64. The third-order valence-corrected chi connectivity index (χ3v) is 2.46. The van der Waals surface area contributed by atoms with Crippen LogP contribution >= 0.6 is 11.3 Å². The molecular weight excluding hydrogens is 144 g/mol. The van der Waals surface area contributed by atoms with E-state index in [1.807, 2.05) is 6.07 Å². The zero-order chi connectivity index (χ0) is 6.97. The molecule has 0 spiro atoms. The molecule has 0 saturated carbocycles. The molecule has 0 bridgehead atoms. The number of aromatic nitrogens is 2. The first-order valence-electron chi connectivity index (χ1n) is 3.03. The van der Waals surface area contributed by atoms with E-state index in [4.69, 9.17) is 0 Å². The van der Waals surface area contributed by atoms with Gasteiger partial charge in [-0.3, -0.25) is 0 Å². The predicted octanol–water partition coefficient (Wildman–Crippen LogP) is 2.00. The Balaban J connectivity index is 2.93. The third-order valence-electron chi connectivity index (χ3n) is 1.46. The zero-order valence-corrected chi connectivity index (χ0v) is 6.35. The van der Waals surface area contributed by atoms with E-state index in [0.717, 1.165) is 4.83 Å². The molecule has 0 unspecified atom stereocenters. The molecule has 2 aromatic rings. The molecule has 0 saturated heterocycles. The van der Waals surface area contributed by atoms with Crippen LogP contribution in [0, 0.1) is 6.92 Å². The summed E-state index contributed by atoms with van der Waals surface area (Å²) in [7, 11) is 0. The number of rotatable bonds is 0. The van der Waals surface area contributed by atoms with Gasteiger partial charge in [-0.2, -0.15) is 5.10 Å². The normalized spacial score (nSPS) is 10.5. The van der Waals surface area contributed by atoms with Gasteiger partial charge in [-0.25, -0.2) is 0 Å². The summed E-state index contributed by atoms with van der Waals surface area (Å²) in [5.41, 5.74) is 1.29. The Labute approximate surface area is 62.5 Å². The second kappa shape index (κ2) is 2.02. The Hall–Kier alpha value is -0.960. The number of thiophene rings is 1. The van der Waals surface area contributed by atoms with Crippen LogP contribution in [-0.4, -0.2) is 10.2 Å². The van der Waals surface area contributed by atoms with Gasteiger partial charge in [0.2, 0.25) is 0 Å². The van der Waals surface area contributed by atoms with E-state index in [1.165, 1.54) is 10.9 Å². The average molecular weight is 150 g/mol. The molecule has 3 heteroatoms. The van der Waals surface area contributed by atoms with Crippen molar-refractivity contribution in [3.8, 4) is 0 Å². The van der Waals surface area contributed by atoms with Crippen LogP contribution in [0.2, 0.25) is 0 Å². The van der Waals surface area contributed by atoms with Crippen LogP contribution in [0.25, 0.3) is 10.2 Å². The summed E-state index contributed by atoms with van der Waals surface area (Å²) in [5.74, 6) is 0. The van der Waals surface area contributed by atoms with Gasteiger partial charge in [-0.15, -0.1) is 16.4 Å². The minimum Gasteiger partial charge on any atom is -0.158 e. The van der Waals surface area contributed by atoms with Crippen LogP contribution in [0.1, 0.15) is 5.56 Å². The largest absolute Gasteiger partial charge is 0.158 e. The lowest BCUT2D eigenvalue weighted by molar-refractivity contribution is 1.08. The fourth-order valence-corrected chi connectivity index (χ4v) is 1.78. The van der Waals surface area contributed by atoms with Crippen LogP contribution in [0.15, 0.2) is 17.6 Å². The van der Waals surface area contributed by atoms with E-state index in [-0.39, 0.29) is 0 Å². The Morgan fingerprint density at radius 3 is 3.20 bits per heavy atom. The van der Waals surface area contributed by atoms with E-state index >= 15 is 0 Å². The third kappa shape index (κ3) is 0.708. The highest BCUT2D eigenvalue weighted by atomic mass is 32.1. The van der Waals surface area contributed by atoms with E-state index in [0.29, 0.717) is 0 Å². The Morgan fingerprint density at radius 1 is 1.50 bits per heavy atom. The summed E-state index contributed by atoms with van der Waals surface area (Å²) in [6.07, 6.45) is 1.72. The summed E-state index contributed by atoms with van der Waals surface area (Å²) in [4.78, 5) is 1.03. The molecule has 0 fully saturated rings. The fourth-order valence-electron chi connectivity index (χ4n) is 0.914. The van der Waals surface area contributed by atoms with Gasteiger partial charge in [0.1, 0.15) is 4.83 Å². The molecule has 2 heterocycles. The number of fused-ring (bicyclic) bond motifs is 1. The summed E-state index contributed by atoms with van der Waals surface area (Å²) in [6, 6.07) is 1.99. The minimum absolute atomic E-state index is 1.03. The van der Waals surface area contributed by atoms with Crippen molar-refractivity contribution in [3.05, 3.63) is 23.2 Å². The molecule has 0 aromatic carbocycles. The second-order valence-electron chi connectivity index (χ2n) is 2.17. The second-order valence-corrected chi connectivity index (χ2v) is 3.03. The predicted molar refractivity (Wildman–Crippen MR) is 42.2 cm³/mol. The van der Waals surface area contributed by atoms with Crippen molar-refractivity contribution < 1.29 is 0 Å². The van der Waals surface area contributed by atoms with Gasteiger partial charge in [-0.1, -0.05) is 0 Å². The van der Waals surface area contributed by atoms with Gasteiger partial charge < -0.3 is 0 Å². The maximum atomic E-state index is 3.97. The lowest BCUT2D eigenvalue weighted by atomic mass is 10.3. The first-order chi connectivity index (χ1) is 4.88. The zero-order valence-electron chi connectivity index (χ0n) is 5.53. The van der Waals surface area contributed by atoms with Gasteiger partial charge in [0.05, 0.1) is 6.20 Å². The molecule has 0 aliphatic rings. The average Bonchev–Trinajstić information content (AvgIpc) is 2.34. The number of nitrogens with zero attached hydrogens (tertiary/aromatic N) is 2. The van der Waals surface area contributed by atoms with Crippen molar-refractivity contribution in [2.24, 2.45) is 0 Å². The molecular formula is C7H6N2S. The standard InChI is InChI=1S/C7H6N2S/c1-5-4-10-7-6(5)2-3-8-9-7/h2-4H,1H3. The lowest BCUT2D eigenvalue weighted by Crippen LogP contribution is -1.76. The first-order valence-corrected chi connectivity index (χ1v) is 3.91. The fraction of sp³-hybridized carbons (Fsp3) is 0.143. The SMILES string of the molecule is Cc1csc2nnccc12. The highest BCUT2D eigenvalue weighted by Crippen LogP contribution is 2.21. The highest BCUT2D eigenvalue weighted by Gasteiger charge is 1.97. The van der Waals surface area contributed by atoms with Crippen molar-refractivity contribution in [2.75, 3.05) is 0 Å². The summed E-state index contributed by atoms with van der Waals surface area (Å²) in [6.45, 7) is 2.08. The van der Waals surface area contributed by atoms with Crippen LogP contribution in [-0.2, 0) is 0 Å². The van der Waals surface area contributed by atoms with Gasteiger partial charge in [0, 0.05) is 5.39 Å². The van der Waals surface area contributed by atoms with Gasteiger partial charge in [0.15, 0.2) is 0 Å². The van der Waals surface area contributed by atoms with Gasteiger partial charge in [-0.05, 0) is 23.9 Å². The van der Waals surface area contributed by atoms with Gasteiger partial charge >= 0.3 is 0 Å². The maximum Gasteiger partial charge on any atom is 0.146 e. The van der Waals surface area contributed by atoms with Gasteiger partial charge in [0.25, 0.3) is 0 Å². The van der Waals surface area contributed by atoms with E-state index in [1.54, 1.807) is 17.5 Å². The lowest BCUT2D eigenvalue weighted by Gasteiger charge is -1.85. The Bertz CT molecular complexity index is 353. The van der Waals surface area contributed by atoms with Crippen LogP contribution < -0.4 is 0 Å². The molecule has 0 aliphatic carbocycles. The van der Waals surface area contributed by atoms with Crippen molar-refractivity contribution in [2.45, 2.75) is 6.92 Å². The van der Waals surface area contributed by atoms with Crippen molar-refractivity contribution in [3.63, 3.8) is 0 Å². The Morgan fingerprint density at radius 2 is 2.40 bits per heavy atom. The molecule has 2 aromatic heterocycles.